The van der Waals surface area contributed by atoms with Gasteiger partial charge in [-0.05, 0) is 61.5 Å². The van der Waals surface area contributed by atoms with Crippen LogP contribution in [0.2, 0.25) is 0 Å². The molecule has 0 N–H and O–H groups in total. The van der Waals surface area contributed by atoms with Crippen LogP contribution in [0.4, 0.5) is 11.4 Å². The van der Waals surface area contributed by atoms with Gasteiger partial charge in [-0.2, -0.15) is 0 Å². The summed E-state index contributed by atoms with van der Waals surface area (Å²) in [6.45, 7) is 2.44. The molecule has 2 fully saturated rings. The molecule has 0 aromatic heterocycles. The van der Waals surface area contributed by atoms with Crippen LogP contribution in [-0.4, -0.2) is 45.6 Å². The van der Waals surface area contributed by atoms with Gasteiger partial charge in [-0.1, -0.05) is 36.8 Å². The van der Waals surface area contributed by atoms with Crippen molar-refractivity contribution in [2.45, 2.75) is 19.3 Å². The minimum absolute atomic E-state index is 0.00291. The average molecular weight is 423 g/mol. The van der Waals surface area contributed by atoms with Gasteiger partial charge in [-0.3, -0.25) is 24.7 Å². The molecule has 2 aromatic carbocycles. The Labute approximate surface area is 179 Å². The van der Waals surface area contributed by atoms with E-state index in [4.69, 9.17) is 4.99 Å². The van der Waals surface area contributed by atoms with Gasteiger partial charge >= 0.3 is 0 Å². The first-order valence-corrected chi connectivity index (χ1v) is 10.7. The van der Waals surface area contributed by atoms with Crippen molar-refractivity contribution in [1.82, 2.24) is 9.80 Å². The van der Waals surface area contributed by atoms with Crippen molar-refractivity contribution in [3.05, 3.63) is 75.2 Å². The smallest absolute Gasteiger partial charge is 0.270 e. The minimum Gasteiger partial charge on any atom is -0.286 e. The highest BCUT2D eigenvalue weighted by Gasteiger charge is 2.34. The van der Waals surface area contributed by atoms with E-state index in [0.717, 1.165) is 31.6 Å². The van der Waals surface area contributed by atoms with Crippen molar-refractivity contribution in [1.29, 1.82) is 0 Å². The van der Waals surface area contributed by atoms with Gasteiger partial charge < -0.3 is 0 Å². The van der Waals surface area contributed by atoms with Gasteiger partial charge in [0.2, 0.25) is 0 Å². The largest absolute Gasteiger partial charge is 0.286 e. The fraction of sp³-hybridized carbons (Fsp3) is 0.273. The third kappa shape index (κ3) is 4.77. The van der Waals surface area contributed by atoms with E-state index < -0.39 is 4.92 Å². The molecule has 0 saturated carbocycles. The number of amidine groups is 1. The summed E-state index contributed by atoms with van der Waals surface area (Å²) in [6.07, 6.45) is 5.20. The first kappa shape index (κ1) is 20.3. The zero-order chi connectivity index (χ0) is 20.9. The standard InChI is InChI=1S/C22H22N4O3S/c27-21-20(15-17-8-7-11-19(14-17)26(28)29)30-22(23-18-9-3-1-4-10-18)25(21)16-24-12-5-2-6-13-24/h1,3-4,7-11,14-15H,2,5-6,12-13,16H2/b20-15-,23-22?. The number of thioether (sulfide) groups is 1. The summed E-state index contributed by atoms with van der Waals surface area (Å²) >= 11 is 1.31. The fourth-order valence-electron chi connectivity index (χ4n) is 3.51. The molecule has 0 unspecified atom stereocenters. The fourth-order valence-corrected chi connectivity index (χ4v) is 4.50. The van der Waals surface area contributed by atoms with E-state index in [0.29, 0.717) is 22.3 Å². The number of nitro groups is 1. The lowest BCUT2D eigenvalue weighted by atomic mass is 10.1. The molecule has 4 rings (SSSR count). The molecule has 2 aliphatic heterocycles. The molecule has 2 heterocycles. The second-order valence-electron chi connectivity index (χ2n) is 7.25. The molecule has 2 saturated heterocycles. The number of non-ortho nitro benzene ring substituents is 1. The summed E-state index contributed by atoms with van der Waals surface area (Å²) in [4.78, 5) is 33.0. The number of rotatable bonds is 5. The predicted molar refractivity (Wildman–Crippen MR) is 119 cm³/mol. The molecule has 7 nitrogen and oxygen atoms in total. The van der Waals surface area contributed by atoms with Crippen LogP contribution in [-0.2, 0) is 4.79 Å². The summed E-state index contributed by atoms with van der Waals surface area (Å²) in [6, 6.07) is 15.9. The topological polar surface area (TPSA) is 79.0 Å². The second kappa shape index (κ2) is 9.23. The van der Waals surface area contributed by atoms with Crippen LogP contribution < -0.4 is 0 Å². The van der Waals surface area contributed by atoms with Gasteiger partial charge in [0, 0.05) is 12.1 Å². The number of amides is 1. The highest BCUT2D eigenvalue weighted by atomic mass is 32.2. The summed E-state index contributed by atoms with van der Waals surface area (Å²) in [7, 11) is 0. The number of carbonyl (C=O) groups excluding carboxylic acids is 1. The number of piperidine rings is 1. The van der Waals surface area contributed by atoms with Gasteiger partial charge in [0.15, 0.2) is 5.17 Å². The zero-order valence-corrected chi connectivity index (χ0v) is 17.3. The monoisotopic (exact) mass is 422 g/mol. The number of nitro benzene ring substituents is 1. The molecule has 2 aliphatic rings. The summed E-state index contributed by atoms with van der Waals surface area (Å²) in [5.74, 6) is -0.119. The van der Waals surface area contributed by atoms with Crippen LogP contribution in [0.1, 0.15) is 24.8 Å². The number of para-hydroxylation sites is 1. The van der Waals surface area contributed by atoms with Crippen LogP contribution in [0.5, 0.6) is 0 Å². The Balaban J connectivity index is 1.64. The zero-order valence-electron chi connectivity index (χ0n) is 16.4. The van der Waals surface area contributed by atoms with Crippen LogP contribution >= 0.6 is 11.8 Å². The Morgan fingerprint density at radius 3 is 2.57 bits per heavy atom. The highest BCUT2D eigenvalue weighted by molar-refractivity contribution is 8.18. The maximum Gasteiger partial charge on any atom is 0.270 e. The Morgan fingerprint density at radius 1 is 1.07 bits per heavy atom. The average Bonchev–Trinajstić information content (AvgIpc) is 3.04. The van der Waals surface area contributed by atoms with E-state index >= 15 is 0 Å². The number of aliphatic imine (C=N–C) groups is 1. The van der Waals surface area contributed by atoms with Gasteiger partial charge in [0.1, 0.15) is 0 Å². The number of likely N-dealkylation sites (tertiary alicyclic amines) is 1. The molecule has 0 bridgehead atoms. The quantitative estimate of drug-likeness (QED) is 0.398. The normalized spacial score (nSPS) is 20.3. The molecule has 0 spiro atoms. The van der Waals surface area contributed by atoms with E-state index in [-0.39, 0.29) is 11.6 Å². The molecule has 0 radical (unpaired) electrons. The third-order valence-corrected chi connectivity index (χ3v) is 6.04. The molecule has 30 heavy (non-hydrogen) atoms. The summed E-state index contributed by atoms with van der Waals surface area (Å²) < 4.78 is 0. The van der Waals surface area contributed by atoms with Crippen molar-refractivity contribution in [3.8, 4) is 0 Å². The number of carbonyl (C=O) groups is 1. The first-order chi connectivity index (χ1) is 14.6. The van der Waals surface area contributed by atoms with Crippen molar-refractivity contribution in [2.24, 2.45) is 4.99 Å². The van der Waals surface area contributed by atoms with E-state index in [1.807, 2.05) is 30.3 Å². The van der Waals surface area contributed by atoms with Crippen molar-refractivity contribution < 1.29 is 9.72 Å². The maximum atomic E-state index is 13.2. The number of hydrogen-bond acceptors (Lipinski definition) is 6. The highest BCUT2D eigenvalue weighted by Crippen LogP contribution is 2.35. The number of nitrogens with zero attached hydrogens (tertiary/aromatic N) is 4. The molecular formula is C22H22N4O3S. The van der Waals surface area contributed by atoms with Crippen LogP contribution in [0.3, 0.4) is 0 Å². The SMILES string of the molecule is O=C1/C(=C/c2cccc([N+](=O)[O-])c2)SC(=Nc2ccccc2)N1CN1CCCCC1. The summed E-state index contributed by atoms with van der Waals surface area (Å²) in [5.41, 5.74) is 1.41. The van der Waals surface area contributed by atoms with Gasteiger partial charge in [-0.15, -0.1) is 0 Å². The Hall–Kier alpha value is -2.97. The van der Waals surface area contributed by atoms with E-state index in [9.17, 15) is 14.9 Å². The van der Waals surface area contributed by atoms with Gasteiger partial charge in [0.25, 0.3) is 11.6 Å². The van der Waals surface area contributed by atoms with Crippen LogP contribution in [0, 0.1) is 10.1 Å². The lowest BCUT2D eigenvalue weighted by molar-refractivity contribution is -0.384. The molecule has 0 atom stereocenters. The van der Waals surface area contributed by atoms with Crippen molar-refractivity contribution >= 4 is 40.3 Å². The molecule has 154 valence electrons. The Morgan fingerprint density at radius 2 is 1.83 bits per heavy atom. The van der Waals surface area contributed by atoms with E-state index in [2.05, 4.69) is 4.90 Å². The number of hydrogen-bond donors (Lipinski definition) is 0. The molecule has 1 amide bonds. The molecule has 0 aliphatic carbocycles. The predicted octanol–water partition coefficient (Wildman–Crippen LogP) is 4.64. The maximum absolute atomic E-state index is 13.2. The van der Waals surface area contributed by atoms with Crippen LogP contribution in [0.25, 0.3) is 6.08 Å². The van der Waals surface area contributed by atoms with Crippen molar-refractivity contribution in [2.75, 3.05) is 19.8 Å². The third-order valence-electron chi connectivity index (χ3n) is 5.04. The second-order valence-corrected chi connectivity index (χ2v) is 8.26. The molecule has 2 aromatic rings. The van der Waals surface area contributed by atoms with Crippen molar-refractivity contribution in [3.63, 3.8) is 0 Å². The van der Waals surface area contributed by atoms with Crippen LogP contribution in [0.15, 0.2) is 64.5 Å². The lowest BCUT2D eigenvalue weighted by Crippen LogP contribution is -2.43. The first-order valence-electron chi connectivity index (χ1n) is 9.92. The summed E-state index contributed by atoms with van der Waals surface area (Å²) in [5, 5.41) is 11.7. The molecular weight excluding hydrogens is 400 g/mol. The lowest BCUT2D eigenvalue weighted by Gasteiger charge is -2.30. The van der Waals surface area contributed by atoms with Gasteiger partial charge in [-0.25, -0.2) is 4.99 Å². The Bertz CT molecular complexity index is 1000. The minimum atomic E-state index is -0.434. The Kier molecular flexibility index (Phi) is 6.25. The van der Waals surface area contributed by atoms with Gasteiger partial charge in [0.05, 0.1) is 22.2 Å². The number of benzene rings is 2. The molecule has 8 heteroatoms. The van der Waals surface area contributed by atoms with E-state index in [1.54, 1.807) is 23.1 Å². The van der Waals surface area contributed by atoms with E-state index in [1.165, 1.54) is 30.3 Å².